The Kier molecular flexibility index (Phi) is 4.76. The average Bonchev–Trinajstić information content (AvgIpc) is 2.24. The van der Waals surface area contributed by atoms with E-state index in [0.29, 0.717) is 18.3 Å². The first-order valence-electron chi connectivity index (χ1n) is 6.38. The third-order valence-electron chi connectivity index (χ3n) is 3.43. The summed E-state index contributed by atoms with van der Waals surface area (Å²) in [6, 6.07) is 4.36. The maximum Gasteiger partial charge on any atom is 0.170 e. The van der Waals surface area contributed by atoms with E-state index in [4.69, 9.17) is 0 Å². The molecule has 0 saturated heterocycles. The van der Waals surface area contributed by atoms with Gasteiger partial charge in [-0.1, -0.05) is 33.8 Å². The molecule has 1 rings (SSSR count). The van der Waals surface area contributed by atoms with Gasteiger partial charge >= 0.3 is 0 Å². The fourth-order valence-corrected chi connectivity index (χ4v) is 2.37. The molecule has 0 aromatic heterocycles. The molecule has 0 amide bonds. The summed E-state index contributed by atoms with van der Waals surface area (Å²) in [5.41, 5.74) is 0.0452. The lowest BCUT2D eigenvalue weighted by Crippen LogP contribution is -2.20. The zero-order chi connectivity index (χ0) is 13.9. The van der Waals surface area contributed by atoms with E-state index < -0.39 is 0 Å². The van der Waals surface area contributed by atoms with E-state index in [2.05, 4.69) is 27.7 Å². The summed E-state index contributed by atoms with van der Waals surface area (Å²) in [6.45, 7) is 8.34. The minimum atomic E-state index is -0.196. The number of carbonyl (C=O) groups is 1. The summed E-state index contributed by atoms with van der Waals surface area (Å²) in [7, 11) is 0. The van der Waals surface area contributed by atoms with Gasteiger partial charge in [0.2, 0.25) is 0 Å². The van der Waals surface area contributed by atoms with Crippen LogP contribution in [0.15, 0.2) is 18.2 Å². The molecule has 0 atom stereocenters. The summed E-state index contributed by atoms with van der Waals surface area (Å²) in [4.78, 5) is 12.2. The Morgan fingerprint density at radius 3 is 1.89 bits per heavy atom. The van der Waals surface area contributed by atoms with Crippen molar-refractivity contribution >= 4 is 5.78 Å². The first-order chi connectivity index (χ1) is 8.34. The molecule has 0 aliphatic carbocycles. The van der Waals surface area contributed by atoms with Crippen molar-refractivity contribution in [2.75, 3.05) is 0 Å². The van der Waals surface area contributed by atoms with Gasteiger partial charge in [-0.25, -0.2) is 0 Å². The van der Waals surface area contributed by atoms with Gasteiger partial charge in [-0.2, -0.15) is 0 Å². The highest BCUT2D eigenvalue weighted by molar-refractivity contribution is 6.01. The Morgan fingerprint density at radius 2 is 1.50 bits per heavy atom. The van der Waals surface area contributed by atoms with Crippen molar-refractivity contribution in [1.29, 1.82) is 0 Å². The van der Waals surface area contributed by atoms with Crippen molar-refractivity contribution in [2.24, 2.45) is 17.8 Å². The number of phenols is 2. The van der Waals surface area contributed by atoms with Crippen molar-refractivity contribution in [3.8, 4) is 11.5 Å². The molecule has 0 radical (unpaired) electrons. The maximum atomic E-state index is 12.2. The third kappa shape index (κ3) is 3.25. The topological polar surface area (TPSA) is 57.5 Å². The standard InChI is InChI=1S/C15H22O3/c1-9(2)11(10(3)4)8-14(18)15-12(16)6-5-7-13(15)17/h5-7,9-11,16-17H,8H2,1-4H3. The van der Waals surface area contributed by atoms with Crippen molar-refractivity contribution in [1.82, 2.24) is 0 Å². The molecule has 0 saturated carbocycles. The molecule has 0 spiro atoms. The first kappa shape index (κ1) is 14.6. The van der Waals surface area contributed by atoms with Crippen LogP contribution in [0.25, 0.3) is 0 Å². The molecule has 0 bridgehead atoms. The SMILES string of the molecule is CC(C)C(CC(=O)c1c(O)cccc1O)C(C)C. The minimum absolute atomic E-state index is 0.0452. The van der Waals surface area contributed by atoms with Gasteiger partial charge in [0.05, 0.1) is 0 Å². The second-order valence-electron chi connectivity index (χ2n) is 5.45. The predicted octanol–water partition coefficient (Wildman–Crippen LogP) is 3.60. The minimum Gasteiger partial charge on any atom is -0.507 e. The van der Waals surface area contributed by atoms with Crippen LogP contribution in [0.3, 0.4) is 0 Å². The van der Waals surface area contributed by atoms with E-state index in [9.17, 15) is 15.0 Å². The van der Waals surface area contributed by atoms with Gasteiger partial charge in [-0.3, -0.25) is 4.79 Å². The number of Topliss-reactive ketones (excluding diaryl/α,β-unsaturated/α-hetero) is 1. The van der Waals surface area contributed by atoms with Crippen LogP contribution >= 0.6 is 0 Å². The van der Waals surface area contributed by atoms with E-state index in [-0.39, 0.29) is 28.8 Å². The van der Waals surface area contributed by atoms with Crippen LogP contribution in [0.4, 0.5) is 0 Å². The van der Waals surface area contributed by atoms with Gasteiger partial charge in [0.1, 0.15) is 17.1 Å². The molecule has 100 valence electrons. The Morgan fingerprint density at radius 1 is 1.06 bits per heavy atom. The molecule has 0 aliphatic heterocycles. The molecule has 0 unspecified atom stereocenters. The summed E-state index contributed by atoms with van der Waals surface area (Å²) < 4.78 is 0. The van der Waals surface area contributed by atoms with Crippen molar-refractivity contribution < 1.29 is 15.0 Å². The van der Waals surface area contributed by atoms with Gasteiger partial charge in [0, 0.05) is 6.42 Å². The van der Waals surface area contributed by atoms with Gasteiger partial charge < -0.3 is 10.2 Å². The van der Waals surface area contributed by atoms with E-state index in [1.807, 2.05) is 0 Å². The lowest BCUT2D eigenvalue weighted by molar-refractivity contribution is 0.0922. The summed E-state index contributed by atoms with van der Waals surface area (Å²) in [6.07, 6.45) is 0.348. The zero-order valence-electron chi connectivity index (χ0n) is 11.5. The summed E-state index contributed by atoms with van der Waals surface area (Å²) in [5, 5.41) is 19.3. The van der Waals surface area contributed by atoms with Crippen LogP contribution in [0.2, 0.25) is 0 Å². The molecule has 1 aromatic carbocycles. The number of hydrogen-bond acceptors (Lipinski definition) is 3. The molecule has 0 aliphatic rings. The van der Waals surface area contributed by atoms with Crippen LogP contribution in [0.1, 0.15) is 44.5 Å². The molecular formula is C15H22O3. The number of benzene rings is 1. The van der Waals surface area contributed by atoms with Gasteiger partial charge in [-0.05, 0) is 29.9 Å². The average molecular weight is 250 g/mol. The Balaban J connectivity index is 2.94. The summed E-state index contributed by atoms with van der Waals surface area (Å²) in [5.74, 6) is 0.538. The number of rotatable bonds is 5. The lowest BCUT2D eigenvalue weighted by Gasteiger charge is -2.24. The quantitative estimate of drug-likeness (QED) is 0.785. The van der Waals surface area contributed by atoms with Crippen molar-refractivity contribution in [3.63, 3.8) is 0 Å². The van der Waals surface area contributed by atoms with Gasteiger partial charge in [-0.15, -0.1) is 0 Å². The second-order valence-corrected chi connectivity index (χ2v) is 5.45. The fourth-order valence-electron chi connectivity index (χ4n) is 2.37. The Bertz CT molecular complexity index is 393. The smallest absolute Gasteiger partial charge is 0.170 e. The Labute approximate surface area is 108 Å². The highest BCUT2D eigenvalue weighted by atomic mass is 16.3. The molecule has 3 heteroatoms. The molecule has 3 nitrogen and oxygen atoms in total. The van der Waals surface area contributed by atoms with Crippen LogP contribution in [0.5, 0.6) is 11.5 Å². The maximum absolute atomic E-state index is 12.2. The molecular weight excluding hydrogens is 228 g/mol. The van der Waals surface area contributed by atoms with Crippen LogP contribution in [-0.2, 0) is 0 Å². The van der Waals surface area contributed by atoms with E-state index in [1.54, 1.807) is 0 Å². The number of hydrogen-bond donors (Lipinski definition) is 2. The van der Waals surface area contributed by atoms with Crippen molar-refractivity contribution in [3.05, 3.63) is 23.8 Å². The number of phenolic OH excluding ortho intramolecular Hbond substituents is 2. The van der Waals surface area contributed by atoms with E-state index >= 15 is 0 Å². The monoisotopic (exact) mass is 250 g/mol. The molecule has 1 aromatic rings. The summed E-state index contributed by atoms with van der Waals surface area (Å²) >= 11 is 0. The number of carbonyl (C=O) groups excluding carboxylic acids is 1. The van der Waals surface area contributed by atoms with Gasteiger partial charge in [0.25, 0.3) is 0 Å². The predicted molar refractivity (Wildman–Crippen MR) is 71.9 cm³/mol. The third-order valence-corrected chi connectivity index (χ3v) is 3.43. The molecule has 0 fully saturated rings. The number of aromatic hydroxyl groups is 2. The van der Waals surface area contributed by atoms with Crippen LogP contribution in [-0.4, -0.2) is 16.0 Å². The highest BCUT2D eigenvalue weighted by Gasteiger charge is 2.24. The first-order valence-corrected chi connectivity index (χ1v) is 6.38. The molecule has 2 N–H and O–H groups in total. The zero-order valence-corrected chi connectivity index (χ0v) is 11.5. The van der Waals surface area contributed by atoms with Crippen LogP contribution < -0.4 is 0 Å². The Hall–Kier alpha value is -1.51. The fraction of sp³-hybridized carbons (Fsp3) is 0.533. The van der Waals surface area contributed by atoms with E-state index in [1.165, 1.54) is 18.2 Å². The molecule has 18 heavy (non-hydrogen) atoms. The van der Waals surface area contributed by atoms with Crippen molar-refractivity contribution in [2.45, 2.75) is 34.1 Å². The molecule has 0 heterocycles. The number of ketones is 1. The normalized spacial score (nSPS) is 11.5. The second kappa shape index (κ2) is 5.89. The highest BCUT2D eigenvalue weighted by Crippen LogP contribution is 2.32. The van der Waals surface area contributed by atoms with Crippen LogP contribution in [0, 0.1) is 17.8 Å². The van der Waals surface area contributed by atoms with E-state index in [0.717, 1.165) is 0 Å². The van der Waals surface area contributed by atoms with Gasteiger partial charge in [0.15, 0.2) is 5.78 Å². The largest absolute Gasteiger partial charge is 0.507 e. The lowest BCUT2D eigenvalue weighted by atomic mass is 9.81.